The predicted molar refractivity (Wildman–Crippen MR) is 143 cm³/mol. The lowest BCUT2D eigenvalue weighted by molar-refractivity contribution is -0.141. The summed E-state index contributed by atoms with van der Waals surface area (Å²) in [5.41, 5.74) is 2.58. The molecule has 0 radical (unpaired) electrons. The Bertz CT molecular complexity index is 1310. The Balaban J connectivity index is 1.17. The van der Waals surface area contributed by atoms with Crippen molar-refractivity contribution >= 4 is 11.9 Å². The fraction of sp³-hybridized carbons (Fsp3) is 0.312. The zero-order chi connectivity index (χ0) is 26.7. The minimum Gasteiger partial charge on any atom is -0.488 e. The van der Waals surface area contributed by atoms with Gasteiger partial charge in [-0.05, 0) is 41.5 Å². The van der Waals surface area contributed by atoms with Crippen LogP contribution in [0.2, 0.25) is 0 Å². The van der Waals surface area contributed by atoms with Crippen LogP contribution in [0.5, 0.6) is 5.75 Å². The van der Waals surface area contributed by atoms with Gasteiger partial charge in [0.2, 0.25) is 5.79 Å². The third-order valence-corrected chi connectivity index (χ3v) is 7.57. The SMILES string of the molecule is O=C1C[C@H]2[C@@H](/C=C\C3(COc4ccccc4)OCCO3)[C@@H](OC(=O)c3ccc(-c4ccccc4)cc3)C[C@@H]2O1. The fourth-order valence-corrected chi connectivity index (χ4v) is 5.58. The summed E-state index contributed by atoms with van der Waals surface area (Å²) in [5.74, 6) is -1.28. The minimum absolute atomic E-state index is 0.0829. The number of hydrogen-bond donors (Lipinski definition) is 0. The van der Waals surface area contributed by atoms with Gasteiger partial charge in [-0.1, -0.05) is 66.7 Å². The maximum absolute atomic E-state index is 13.1. The first-order valence-electron chi connectivity index (χ1n) is 13.3. The Hall–Kier alpha value is -3.94. The molecule has 3 aromatic rings. The van der Waals surface area contributed by atoms with Crippen LogP contribution in [0.25, 0.3) is 11.1 Å². The molecule has 4 atom stereocenters. The van der Waals surface area contributed by atoms with Crippen LogP contribution in [0.4, 0.5) is 0 Å². The van der Waals surface area contributed by atoms with Gasteiger partial charge in [0.1, 0.15) is 24.6 Å². The summed E-state index contributed by atoms with van der Waals surface area (Å²) >= 11 is 0. The van der Waals surface area contributed by atoms with Crippen LogP contribution >= 0.6 is 0 Å². The number of rotatable bonds is 8. The van der Waals surface area contributed by atoms with Gasteiger partial charge in [-0.2, -0.15) is 0 Å². The van der Waals surface area contributed by atoms with E-state index in [1.807, 2.05) is 84.9 Å². The first-order chi connectivity index (χ1) is 19.1. The highest BCUT2D eigenvalue weighted by molar-refractivity contribution is 5.90. The molecule has 0 unspecified atom stereocenters. The summed E-state index contributed by atoms with van der Waals surface area (Å²) in [6.07, 6.45) is 3.80. The first-order valence-corrected chi connectivity index (χ1v) is 13.3. The molecule has 1 saturated carbocycles. The standard InChI is InChI=1S/C32H30O7/c33-30-19-27-26(15-16-32(36-17-18-37-32)21-35-25-9-5-2-6-10-25)28(20-29(27)38-30)39-31(34)24-13-11-23(12-14-24)22-7-3-1-4-8-22/h1-16,26-29H,17-21H2/b16-15-/t26-,27+,28+,29+/m1/s1. The average Bonchev–Trinajstić information content (AvgIpc) is 3.67. The second kappa shape index (κ2) is 11.0. The number of para-hydroxylation sites is 1. The summed E-state index contributed by atoms with van der Waals surface area (Å²) in [6.45, 7) is 1.05. The Morgan fingerprint density at radius 2 is 1.56 bits per heavy atom. The number of carbonyl (C=O) groups is 2. The van der Waals surface area contributed by atoms with Gasteiger partial charge in [0.15, 0.2) is 0 Å². The molecule has 200 valence electrons. The van der Waals surface area contributed by atoms with Gasteiger partial charge >= 0.3 is 11.9 Å². The van der Waals surface area contributed by atoms with Crippen molar-refractivity contribution in [3.8, 4) is 16.9 Å². The van der Waals surface area contributed by atoms with E-state index in [0.717, 1.165) is 11.1 Å². The molecule has 0 spiro atoms. The summed E-state index contributed by atoms with van der Waals surface area (Å²) in [6, 6.07) is 26.8. The first kappa shape index (κ1) is 25.3. The average molecular weight is 527 g/mol. The van der Waals surface area contributed by atoms with E-state index in [2.05, 4.69) is 0 Å². The van der Waals surface area contributed by atoms with Crippen molar-refractivity contribution < 1.29 is 33.3 Å². The van der Waals surface area contributed by atoms with Gasteiger partial charge in [-0.25, -0.2) is 4.79 Å². The molecule has 1 aliphatic carbocycles. The summed E-state index contributed by atoms with van der Waals surface area (Å²) in [4.78, 5) is 25.2. The van der Waals surface area contributed by atoms with Crippen LogP contribution < -0.4 is 4.74 Å². The van der Waals surface area contributed by atoms with E-state index in [0.29, 0.717) is 30.9 Å². The molecule has 0 aromatic heterocycles. The topological polar surface area (TPSA) is 80.3 Å². The fourth-order valence-electron chi connectivity index (χ4n) is 5.58. The third-order valence-electron chi connectivity index (χ3n) is 7.57. The predicted octanol–water partition coefficient (Wildman–Crippen LogP) is 5.21. The molecular weight excluding hydrogens is 496 g/mol. The van der Waals surface area contributed by atoms with Crippen molar-refractivity contribution in [3.05, 3.63) is 103 Å². The van der Waals surface area contributed by atoms with E-state index in [1.165, 1.54) is 0 Å². The summed E-state index contributed by atoms with van der Waals surface area (Å²) < 4.78 is 29.4. The zero-order valence-electron chi connectivity index (χ0n) is 21.4. The quantitative estimate of drug-likeness (QED) is 0.295. The lowest BCUT2D eigenvalue weighted by atomic mass is 9.91. The van der Waals surface area contributed by atoms with Crippen molar-refractivity contribution in [3.63, 3.8) is 0 Å². The number of fused-ring (bicyclic) bond motifs is 1. The van der Waals surface area contributed by atoms with Crippen molar-refractivity contribution in [1.82, 2.24) is 0 Å². The lowest BCUT2D eigenvalue weighted by Gasteiger charge is -2.26. The van der Waals surface area contributed by atoms with Crippen LogP contribution in [-0.2, 0) is 23.7 Å². The van der Waals surface area contributed by atoms with E-state index < -0.39 is 17.9 Å². The number of ether oxygens (including phenoxy) is 5. The molecule has 0 bridgehead atoms. The monoisotopic (exact) mass is 526 g/mol. The van der Waals surface area contributed by atoms with E-state index in [-0.39, 0.29) is 36.9 Å². The smallest absolute Gasteiger partial charge is 0.338 e. The third kappa shape index (κ3) is 5.60. The van der Waals surface area contributed by atoms with Crippen molar-refractivity contribution in [2.45, 2.75) is 30.8 Å². The van der Waals surface area contributed by atoms with Gasteiger partial charge in [0.05, 0.1) is 25.2 Å². The van der Waals surface area contributed by atoms with Gasteiger partial charge in [0, 0.05) is 18.3 Å². The zero-order valence-corrected chi connectivity index (χ0v) is 21.4. The molecule has 2 aliphatic heterocycles. The molecule has 7 heteroatoms. The van der Waals surface area contributed by atoms with E-state index in [1.54, 1.807) is 12.1 Å². The lowest BCUT2D eigenvalue weighted by Crippen LogP contribution is -2.36. The normalized spacial score (nSPS) is 25.4. The molecule has 0 N–H and O–H groups in total. The molecule has 39 heavy (non-hydrogen) atoms. The molecule has 3 aliphatic rings. The minimum atomic E-state index is -1.06. The van der Waals surface area contributed by atoms with Crippen LogP contribution in [0.3, 0.4) is 0 Å². The van der Waals surface area contributed by atoms with Crippen molar-refractivity contribution in [2.75, 3.05) is 19.8 Å². The molecule has 3 aromatic carbocycles. The molecule has 6 rings (SSSR count). The van der Waals surface area contributed by atoms with Gasteiger partial charge < -0.3 is 23.7 Å². The number of hydrogen-bond acceptors (Lipinski definition) is 7. The van der Waals surface area contributed by atoms with E-state index in [9.17, 15) is 9.59 Å². The van der Waals surface area contributed by atoms with Crippen LogP contribution in [0.1, 0.15) is 23.2 Å². The largest absolute Gasteiger partial charge is 0.488 e. The second-order valence-electron chi connectivity index (χ2n) is 10.1. The Kier molecular flexibility index (Phi) is 7.18. The highest BCUT2D eigenvalue weighted by Crippen LogP contribution is 2.44. The van der Waals surface area contributed by atoms with Crippen LogP contribution in [0, 0.1) is 11.8 Å². The second-order valence-corrected chi connectivity index (χ2v) is 10.1. The van der Waals surface area contributed by atoms with E-state index in [4.69, 9.17) is 23.7 Å². The Morgan fingerprint density at radius 3 is 2.28 bits per heavy atom. The highest BCUT2D eigenvalue weighted by atomic mass is 16.8. The molecule has 0 amide bonds. The van der Waals surface area contributed by atoms with Gasteiger partial charge in [-0.15, -0.1) is 0 Å². The van der Waals surface area contributed by atoms with Crippen molar-refractivity contribution in [2.24, 2.45) is 11.8 Å². The summed E-state index contributed by atoms with van der Waals surface area (Å²) in [7, 11) is 0. The number of carbonyl (C=O) groups excluding carboxylic acids is 2. The molecule has 7 nitrogen and oxygen atoms in total. The van der Waals surface area contributed by atoms with Crippen LogP contribution in [0.15, 0.2) is 97.1 Å². The molecule has 2 heterocycles. The maximum atomic E-state index is 13.1. The van der Waals surface area contributed by atoms with E-state index >= 15 is 0 Å². The molecule has 2 saturated heterocycles. The Labute approximate surface area is 227 Å². The van der Waals surface area contributed by atoms with Gasteiger partial charge in [-0.3, -0.25) is 4.79 Å². The van der Waals surface area contributed by atoms with Gasteiger partial charge in [0.25, 0.3) is 0 Å². The number of esters is 2. The molecular formula is C32H30O7. The van der Waals surface area contributed by atoms with Crippen LogP contribution in [-0.4, -0.2) is 49.8 Å². The maximum Gasteiger partial charge on any atom is 0.338 e. The van der Waals surface area contributed by atoms with Crippen molar-refractivity contribution in [1.29, 1.82) is 0 Å². The number of benzene rings is 3. The molecule has 3 fully saturated rings. The Morgan fingerprint density at radius 1 is 0.897 bits per heavy atom. The highest BCUT2D eigenvalue weighted by Gasteiger charge is 2.51. The summed E-state index contributed by atoms with van der Waals surface area (Å²) in [5, 5.41) is 0.